The quantitative estimate of drug-likeness (QED) is 0.626. The van der Waals surface area contributed by atoms with Crippen molar-refractivity contribution in [1.82, 2.24) is 15.1 Å². The Hall–Kier alpha value is -1.46. The molecule has 3 rings (SSSR count). The number of hydrogen-bond donors (Lipinski definition) is 1. The van der Waals surface area contributed by atoms with E-state index in [2.05, 4.69) is 15.2 Å². The second-order valence-corrected chi connectivity index (χ2v) is 8.90. The van der Waals surface area contributed by atoms with Crippen molar-refractivity contribution < 1.29 is 9.53 Å². The molecule has 25 heavy (non-hydrogen) atoms. The third-order valence-corrected chi connectivity index (χ3v) is 5.62. The zero-order valence-electron chi connectivity index (χ0n) is 16.3. The molecule has 2 saturated carbocycles. The minimum atomic E-state index is -0.444. The predicted octanol–water partition coefficient (Wildman–Crippen LogP) is 2.84. The summed E-state index contributed by atoms with van der Waals surface area (Å²) >= 11 is 0. The summed E-state index contributed by atoms with van der Waals surface area (Å²) in [5.74, 6) is 0.976. The Morgan fingerprint density at radius 3 is 2.52 bits per heavy atom. The molecule has 1 saturated heterocycles. The van der Waals surface area contributed by atoms with Gasteiger partial charge in [0, 0.05) is 39.3 Å². The Morgan fingerprint density at radius 2 is 2.04 bits per heavy atom. The maximum atomic E-state index is 12.4. The van der Waals surface area contributed by atoms with Gasteiger partial charge in [-0.2, -0.15) is 0 Å². The Bertz CT molecular complexity index is 518. The van der Waals surface area contributed by atoms with Gasteiger partial charge >= 0.3 is 6.09 Å². The lowest BCUT2D eigenvalue weighted by Crippen LogP contribution is -2.46. The largest absolute Gasteiger partial charge is 0.444 e. The molecule has 0 unspecified atom stereocenters. The van der Waals surface area contributed by atoms with Gasteiger partial charge in [0.05, 0.1) is 0 Å². The molecule has 0 radical (unpaired) electrons. The van der Waals surface area contributed by atoms with Gasteiger partial charge in [-0.05, 0) is 58.3 Å². The van der Waals surface area contributed by atoms with Gasteiger partial charge in [-0.3, -0.25) is 4.99 Å². The van der Waals surface area contributed by atoms with Crippen LogP contribution in [0.4, 0.5) is 4.79 Å². The molecule has 0 aromatic rings. The fourth-order valence-electron chi connectivity index (χ4n) is 3.95. The third-order valence-electron chi connectivity index (χ3n) is 5.62. The number of nitrogens with one attached hydrogen (secondary N) is 1. The monoisotopic (exact) mass is 350 g/mol. The minimum absolute atomic E-state index is 0.193. The van der Waals surface area contributed by atoms with E-state index in [0.29, 0.717) is 24.5 Å². The van der Waals surface area contributed by atoms with E-state index in [0.717, 1.165) is 31.9 Å². The number of carbonyl (C=O) groups is 1. The SMILES string of the molecule is CN=C(NCCN(C(=O)OC(C)(C)C)C1CC1)N1CCC2(CCC2)C1. The molecule has 2 aliphatic carbocycles. The maximum absolute atomic E-state index is 12.4. The Kier molecular flexibility index (Phi) is 5.16. The molecule has 0 aromatic carbocycles. The molecule has 142 valence electrons. The van der Waals surface area contributed by atoms with Crippen LogP contribution in [0.5, 0.6) is 0 Å². The highest BCUT2D eigenvalue weighted by Crippen LogP contribution is 2.47. The van der Waals surface area contributed by atoms with Crippen LogP contribution in [0.3, 0.4) is 0 Å². The average Bonchev–Trinajstić information content (AvgIpc) is 3.21. The van der Waals surface area contributed by atoms with Crippen LogP contribution in [0.25, 0.3) is 0 Å². The molecule has 1 N–H and O–H groups in total. The van der Waals surface area contributed by atoms with E-state index >= 15 is 0 Å². The number of nitrogens with zero attached hydrogens (tertiary/aromatic N) is 3. The Balaban J connectivity index is 1.47. The van der Waals surface area contributed by atoms with Gasteiger partial charge in [-0.1, -0.05) is 6.42 Å². The lowest BCUT2D eigenvalue weighted by Gasteiger charge is -2.38. The van der Waals surface area contributed by atoms with Gasteiger partial charge in [0.15, 0.2) is 5.96 Å². The van der Waals surface area contributed by atoms with Gasteiger partial charge in [0.2, 0.25) is 0 Å². The van der Waals surface area contributed by atoms with Crippen LogP contribution < -0.4 is 5.32 Å². The van der Waals surface area contributed by atoms with Crippen LogP contribution >= 0.6 is 0 Å². The number of aliphatic imine (C=N–C) groups is 1. The van der Waals surface area contributed by atoms with E-state index in [4.69, 9.17) is 4.74 Å². The number of guanidine groups is 1. The van der Waals surface area contributed by atoms with Crippen LogP contribution in [0.1, 0.15) is 59.3 Å². The van der Waals surface area contributed by atoms with Crippen molar-refractivity contribution in [1.29, 1.82) is 0 Å². The first-order valence-electron chi connectivity index (χ1n) is 9.77. The second-order valence-electron chi connectivity index (χ2n) is 8.90. The van der Waals surface area contributed by atoms with Gasteiger partial charge in [-0.15, -0.1) is 0 Å². The summed E-state index contributed by atoms with van der Waals surface area (Å²) in [7, 11) is 1.85. The summed E-state index contributed by atoms with van der Waals surface area (Å²) < 4.78 is 5.55. The summed E-state index contributed by atoms with van der Waals surface area (Å²) in [4.78, 5) is 21.1. The number of carbonyl (C=O) groups excluding carboxylic acids is 1. The van der Waals surface area contributed by atoms with Crippen molar-refractivity contribution in [2.45, 2.75) is 70.9 Å². The second kappa shape index (κ2) is 7.04. The molecule has 0 atom stereocenters. The number of likely N-dealkylation sites (tertiary alicyclic amines) is 1. The highest BCUT2D eigenvalue weighted by molar-refractivity contribution is 5.80. The molecule has 1 amide bonds. The molecule has 3 aliphatic rings. The van der Waals surface area contributed by atoms with E-state index in [1.54, 1.807) is 0 Å². The van der Waals surface area contributed by atoms with E-state index in [1.165, 1.54) is 25.7 Å². The Labute approximate surface area is 152 Å². The number of rotatable bonds is 4. The molecule has 0 bridgehead atoms. The summed E-state index contributed by atoms with van der Waals surface area (Å²) in [5, 5.41) is 3.45. The molecular weight excluding hydrogens is 316 g/mol. The van der Waals surface area contributed by atoms with Gasteiger partial charge < -0.3 is 19.9 Å². The molecule has 0 aromatic heterocycles. The number of amides is 1. The zero-order valence-corrected chi connectivity index (χ0v) is 16.3. The summed E-state index contributed by atoms with van der Waals surface area (Å²) in [6.45, 7) is 9.35. The lowest BCUT2D eigenvalue weighted by atomic mass is 9.68. The van der Waals surface area contributed by atoms with E-state index in [1.807, 2.05) is 32.7 Å². The molecular formula is C19H34N4O2. The van der Waals surface area contributed by atoms with Crippen molar-refractivity contribution >= 4 is 12.1 Å². The van der Waals surface area contributed by atoms with E-state index in [9.17, 15) is 4.79 Å². The highest BCUT2D eigenvalue weighted by atomic mass is 16.6. The summed E-state index contributed by atoms with van der Waals surface area (Å²) in [6.07, 6.45) is 7.39. The Morgan fingerprint density at radius 1 is 1.32 bits per heavy atom. The topological polar surface area (TPSA) is 57.2 Å². The van der Waals surface area contributed by atoms with Crippen LogP contribution in [-0.2, 0) is 4.74 Å². The average molecular weight is 351 g/mol. The lowest BCUT2D eigenvalue weighted by molar-refractivity contribution is 0.0237. The first-order valence-corrected chi connectivity index (χ1v) is 9.77. The first-order chi connectivity index (χ1) is 11.8. The highest BCUT2D eigenvalue weighted by Gasteiger charge is 2.43. The zero-order chi connectivity index (χ0) is 18.1. The van der Waals surface area contributed by atoms with Crippen LogP contribution in [0.15, 0.2) is 4.99 Å². The fourth-order valence-corrected chi connectivity index (χ4v) is 3.95. The standard InChI is InChI=1S/C19H34N4O2/c1-18(2,3)25-17(24)23(15-6-7-15)13-11-21-16(20-4)22-12-10-19(14-22)8-5-9-19/h15H,5-14H2,1-4H3,(H,20,21). The molecule has 1 aliphatic heterocycles. The van der Waals surface area contributed by atoms with Gasteiger partial charge in [0.1, 0.15) is 5.60 Å². The van der Waals surface area contributed by atoms with Crippen LogP contribution in [-0.4, -0.2) is 66.7 Å². The van der Waals surface area contributed by atoms with E-state index in [-0.39, 0.29) is 6.09 Å². The fraction of sp³-hybridized carbons (Fsp3) is 0.895. The molecule has 6 heteroatoms. The van der Waals surface area contributed by atoms with E-state index < -0.39 is 5.60 Å². The normalized spacial score (nSPS) is 22.7. The third kappa shape index (κ3) is 4.59. The van der Waals surface area contributed by atoms with Crippen LogP contribution in [0, 0.1) is 5.41 Å². The van der Waals surface area contributed by atoms with Gasteiger partial charge in [-0.25, -0.2) is 4.79 Å². The number of hydrogen-bond acceptors (Lipinski definition) is 3. The van der Waals surface area contributed by atoms with Crippen molar-refractivity contribution in [3.05, 3.63) is 0 Å². The van der Waals surface area contributed by atoms with Crippen LogP contribution in [0.2, 0.25) is 0 Å². The van der Waals surface area contributed by atoms with Crippen molar-refractivity contribution in [3.8, 4) is 0 Å². The minimum Gasteiger partial charge on any atom is -0.444 e. The number of ether oxygens (including phenoxy) is 1. The van der Waals surface area contributed by atoms with Crippen molar-refractivity contribution in [2.75, 3.05) is 33.2 Å². The molecule has 1 spiro atoms. The van der Waals surface area contributed by atoms with Crippen molar-refractivity contribution in [3.63, 3.8) is 0 Å². The first kappa shape index (κ1) is 18.3. The molecule has 6 nitrogen and oxygen atoms in total. The van der Waals surface area contributed by atoms with Gasteiger partial charge in [0.25, 0.3) is 0 Å². The maximum Gasteiger partial charge on any atom is 0.410 e. The molecule has 3 fully saturated rings. The summed E-state index contributed by atoms with van der Waals surface area (Å²) in [5.41, 5.74) is 0.120. The summed E-state index contributed by atoms with van der Waals surface area (Å²) in [6, 6.07) is 0.351. The molecule has 1 heterocycles. The predicted molar refractivity (Wildman–Crippen MR) is 99.8 cm³/mol. The smallest absolute Gasteiger partial charge is 0.410 e. The van der Waals surface area contributed by atoms with Crippen molar-refractivity contribution in [2.24, 2.45) is 10.4 Å².